The molecule has 0 radical (unpaired) electrons. The first-order valence-electron chi connectivity index (χ1n) is 15.9. The van der Waals surface area contributed by atoms with Gasteiger partial charge in [-0.2, -0.15) is 0 Å². The number of anilines is 1. The van der Waals surface area contributed by atoms with Crippen LogP contribution in [0.3, 0.4) is 0 Å². The van der Waals surface area contributed by atoms with Gasteiger partial charge in [0.2, 0.25) is 0 Å². The molecule has 250 valence electrons. The zero-order valence-corrected chi connectivity index (χ0v) is 28.6. The standard InChI is InChI=1S/C35H43N7O4.ClH/c1-35(2,3)21-18-25(33(43)36-4)31(45-6)27(19-21)38-34(44)37-26-14-15-29(24-11-8-7-10-23(24)26)46-22-13-16-30-39-40-32(42(30)20-22)28-12-9-17-41(28)5;/h7-8,10-11,13,16,18-20,26,28-29H,9,12,14-15,17H2,1-6H3,(H,36,43)(H2,37,38,44);1H/t26-,28-,29+;/m0./s1. The lowest BCUT2D eigenvalue weighted by atomic mass is 9.85. The van der Waals surface area contributed by atoms with Gasteiger partial charge in [-0.15, -0.1) is 22.6 Å². The lowest BCUT2D eigenvalue weighted by Gasteiger charge is -2.32. The fourth-order valence-electron chi connectivity index (χ4n) is 6.60. The number of aromatic nitrogens is 3. The third-order valence-electron chi connectivity index (χ3n) is 9.12. The van der Waals surface area contributed by atoms with Crippen molar-refractivity contribution < 1.29 is 19.1 Å². The van der Waals surface area contributed by atoms with E-state index in [9.17, 15) is 9.59 Å². The van der Waals surface area contributed by atoms with Crippen molar-refractivity contribution in [1.29, 1.82) is 0 Å². The lowest BCUT2D eigenvalue weighted by molar-refractivity contribution is 0.0960. The largest absolute Gasteiger partial charge is 0.494 e. The number of pyridine rings is 1. The molecule has 2 aromatic carbocycles. The van der Waals surface area contributed by atoms with E-state index in [1.807, 2.05) is 53.1 Å². The fourth-order valence-corrected chi connectivity index (χ4v) is 6.60. The highest BCUT2D eigenvalue weighted by atomic mass is 35.5. The van der Waals surface area contributed by atoms with Crippen molar-refractivity contribution in [1.82, 2.24) is 30.1 Å². The molecule has 0 spiro atoms. The van der Waals surface area contributed by atoms with Crippen molar-refractivity contribution in [2.45, 2.75) is 70.1 Å². The van der Waals surface area contributed by atoms with E-state index < -0.39 is 0 Å². The summed E-state index contributed by atoms with van der Waals surface area (Å²) in [7, 11) is 5.20. The molecular formula is C35H44ClN7O4. The Balaban J connectivity index is 0.00000433. The number of hydrogen-bond acceptors (Lipinski definition) is 7. The first-order valence-corrected chi connectivity index (χ1v) is 15.9. The molecule has 12 heteroatoms. The molecule has 3 heterocycles. The van der Waals surface area contributed by atoms with Gasteiger partial charge in [0.1, 0.15) is 11.9 Å². The van der Waals surface area contributed by atoms with E-state index in [1.54, 1.807) is 7.05 Å². The van der Waals surface area contributed by atoms with Crippen LogP contribution in [0.15, 0.2) is 54.7 Å². The van der Waals surface area contributed by atoms with Gasteiger partial charge >= 0.3 is 6.03 Å². The number of urea groups is 1. The van der Waals surface area contributed by atoms with E-state index in [4.69, 9.17) is 9.47 Å². The number of methoxy groups -OCH3 is 1. The molecule has 1 fully saturated rings. The zero-order valence-electron chi connectivity index (χ0n) is 27.8. The van der Waals surface area contributed by atoms with E-state index in [1.165, 1.54) is 7.11 Å². The van der Waals surface area contributed by atoms with Crippen LogP contribution in [-0.4, -0.2) is 59.2 Å². The van der Waals surface area contributed by atoms with Gasteiger partial charge in [-0.25, -0.2) is 4.79 Å². The van der Waals surface area contributed by atoms with Gasteiger partial charge in [0.05, 0.1) is 36.6 Å². The minimum absolute atomic E-state index is 0. The number of halogens is 1. The third-order valence-corrected chi connectivity index (χ3v) is 9.12. The maximum atomic E-state index is 13.5. The summed E-state index contributed by atoms with van der Waals surface area (Å²) >= 11 is 0. The van der Waals surface area contributed by atoms with Crippen LogP contribution < -0.4 is 25.4 Å². The van der Waals surface area contributed by atoms with Crippen LogP contribution in [-0.2, 0) is 5.41 Å². The number of rotatable bonds is 7. The summed E-state index contributed by atoms with van der Waals surface area (Å²) in [5.41, 5.74) is 4.28. The fraction of sp³-hybridized carbons (Fsp3) is 0.429. The number of nitrogens with one attached hydrogen (secondary N) is 3. The molecule has 3 N–H and O–H groups in total. The summed E-state index contributed by atoms with van der Waals surface area (Å²) in [6.45, 7) is 7.22. The number of carbonyl (C=O) groups is 2. The predicted molar refractivity (Wildman–Crippen MR) is 184 cm³/mol. The highest BCUT2D eigenvalue weighted by molar-refractivity contribution is 6.01. The molecule has 1 aliphatic carbocycles. The Morgan fingerprint density at radius 1 is 1.00 bits per heavy atom. The molecular weight excluding hydrogens is 618 g/mol. The Labute approximate surface area is 281 Å². The normalized spacial score (nSPS) is 19.4. The molecule has 0 bridgehead atoms. The number of ether oxygens (including phenoxy) is 2. The molecule has 3 amide bonds. The highest BCUT2D eigenvalue weighted by Gasteiger charge is 2.31. The van der Waals surface area contributed by atoms with Gasteiger partial charge in [0.25, 0.3) is 5.91 Å². The second-order valence-corrected chi connectivity index (χ2v) is 13.2. The maximum absolute atomic E-state index is 13.5. The molecule has 11 nitrogen and oxygen atoms in total. The van der Waals surface area contributed by atoms with E-state index in [-0.39, 0.29) is 47.9 Å². The molecule has 0 unspecified atom stereocenters. The Kier molecular flexibility index (Phi) is 9.97. The van der Waals surface area contributed by atoms with Gasteiger partial charge in [-0.1, -0.05) is 45.0 Å². The van der Waals surface area contributed by atoms with Gasteiger partial charge in [-0.05, 0) is 85.6 Å². The molecule has 0 saturated carbocycles. The Bertz CT molecular complexity index is 1770. The van der Waals surface area contributed by atoms with Crippen molar-refractivity contribution in [3.05, 3.63) is 82.8 Å². The van der Waals surface area contributed by atoms with Crippen LogP contribution in [0.2, 0.25) is 0 Å². The topological polar surface area (TPSA) is 122 Å². The minimum atomic E-state index is -0.381. The van der Waals surface area contributed by atoms with E-state index >= 15 is 0 Å². The van der Waals surface area contributed by atoms with Crippen molar-refractivity contribution >= 4 is 35.7 Å². The average molecular weight is 662 g/mol. The number of likely N-dealkylation sites (tertiary alicyclic amines) is 1. The Morgan fingerprint density at radius 2 is 1.77 bits per heavy atom. The predicted octanol–water partition coefficient (Wildman–Crippen LogP) is 6.36. The maximum Gasteiger partial charge on any atom is 0.319 e. The summed E-state index contributed by atoms with van der Waals surface area (Å²) in [4.78, 5) is 28.5. The SMILES string of the molecule is CNC(=O)c1cc(C(C)(C)C)cc(NC(=O)N[C@H]2CC[C@@H](Oc3ccc4nnc([C@@H]5CCCN5C)n4c3)c3ccccc32)c1OC.Cl. The smallest absolute Gasteiger partial charge is 0.319 e. The van der Waals surface area contributed by atoms with Crippen LogP contribution in [0.25, 0.3) is 5.65 Å². The van der Waals surface area contributed by atoms with Gasteiger partial charge in [0.15, 0.2) is 17.2 Å². The summed E-state index contributed by atoms with van der Waals surface area (Å²) in [5.74, 6) is 1.71. The van der Waals surface area contributed by atoms with Gasteiger partial charge < -0.3 is 25.4 Å². The molecule has 47 heavy (non-hydrogen) atoms. The third kappa shape index (κ3) is 6.87. The molecule has 2 aromatic heterocycles. The van der Waals surface area contributed by atoms with Gasteiger partial charge in [0, 0.05) is 7.05 Å². The molecule has 2 aliphatic rings. The lowest BCUT2D eigenvalue weighted by Crippen LogP contribution is -2.36. The number of benzene rings is 2. The Morgan fingerprint density at radius 3 is 2.45 bits per heavy atom. The summed E-state index contributed by atoms with van der Waals surface area (Å²) in [6, 6.07) is 15.3. The molecule has 1 aliphatic heterocycles. The molecule has 3 atom stereocenters. The quantitative estimate of drug-likeness (QED) is 0.211. The zero-order chi connectivity index (χ0) is 32.6. The van der Waals surface area contributed by atoms with Gasteiger partial charge in [-0.3, -0.25) is 14.1 Å². The van der Waals surface area contributed by atoms with E-state index in [0.29, 0.717) is 29.8 Å². The summed E-state index contributed by atoms with van der Waals surface area (Å²) < 4.78 is 14.3. The van der Waals surface area contributed by atoms with Crippen molar-refractivity contribution in [3.8, 4) is 11.5 Å². The molecule has 4 aromatic rings. The van der Waals surface area contributed by atoms with Crippen molar-refractivity contribution in [2.75, 3.05) is 33.1 Å². The first-order chi connectivity index (χ1) is 22.1. The van der Waals surface area contributed by atoms with Crippen LogP contribution in [0.4, 0.5) is 10.5 Å². The van der Waals surface area contributed by atoms with E-state index in [2.05, 4.69) is 64.9 Å². The van der Waals surface area contributed by atoms with Crippen LogP contribution in [0.1, 0.15) is 97.5 Å². The molecule has 6 rings (SSSR count). The highest BCUT2D eigenvalue weighted by Crippen LogP contribution is 2.40. The van der Waals surface area contributed by atoms with Crippen LogP contribution in [0, 0.1) is 0 Å². The average Bonchev–Trinajstić information content (AvgIpc) is 3.66. The first kappa shape index (κ1) is 34.0. The van der Waals surface area contributed by atoms with Crippen LogP contribution in [0.5, 0.6) is 11.5 Å². The Hall–Kier alpha value is -4.35. The second-order valence-electron chi connectivity index (χ2n) is 13.2. The van der Waals surface area contributed by atoms with E-state index in [0.717, 1.165) is 53.3 Å². The number of carbonyl (C=O) groups excluding carboxylic acids is 2. The minimum Gasteiger partial charge on any atom is -0.494 e. The summed E-state index contributed by atoms with van der Waals surface area (Å²) in [6.07, 6.45) is 5.41. The van der Waals surface area contributed by atoms with Crippen LogP contribution >= 0.6 is 12.4 Å². The number of amides is 3. The number of fused-ring (bicyclic) bond motifs is 2. The number of hydrogen-bond donors (Lipinski definition) is 3. The van der Waals surface area contributed by atoms with Crippen molar-refractivity contribution in [3.63, 3.8) is 0 Å². The molecule has 1 saturated heterocycles. The van der Waals surface area contributed by atoms with Crippen molar-refractivity contribution in [2.24, 2.45) is 0 Å². The summed E-state index contributed by atoms with van der Waals surface area (Å²) in [5, 5.41) is 17.7. The monoisotopic (exact) mass is 661 g/mol. The number of nitrogens with zero attached hydrogens (tertiary/aromatic N) is 4. The second kappa shape index (κ2) is 13.8.